The number of rotatable bonds is 7. The Kier molecular flexibility index (Phi) is 6.60. The summed E-state index contributed by atoms with van der Waals surface area (Å²) in [5.74, 6) is -0.165. The van der Waals surface area contributed by atoms with E-state index in [1.807, 2.05) is 35.7 Å². The number of aromatic nitrogens is 2. The van der Waals surface area contributed by atoms with Crippen LogP contribution >= 0.6 is 11.3 Å². The molecule has 2 aromatic heterocycles. The molecule has 1 aliphatic heterocycles. The number of carbonyl (C=O) groups excluding carboxylic acids is 1. The number of benzene rings is 2. The lowest BCUT2D eigenvalue weighted by molar-refractivity contribution is -0.115. The van der Waals surface area contributed by atoms with Crippen LogP contribution in [0.1, 0.15) is 36.1 Å². The number of thiazole rings is 1. The second-order valence-corrected chi connectivity index (χ2v) is 9.32. The molecular weight excluding hydrogens is 454 g/mol. The van der Waals surface area contributed by atoms with Crippen molar-refractivity contribution in [3.63, 3.8) is 0 Å². The highest BCUT2D eigenvalue weighted by atomic mass is 32.1. The number of alkyl halides is 2. The first-order valence-corrected chi connectivity index (χ1v) is 12.2. The van der Waals surface area contributed by atoms with E-state index in [0.717, 1.165) is 36.3 Å². The summed E-state index contributed by atoms with van der Waals surface area (Å²) in [6, 6.07) is 15.6. The fraction of sp³-hybridized carbons (Fsp3) is 0.269. The highest BCUT2D eigenvalue weighted by Gasteiger charge is 2.15. The van der Waals surface area contributed by atoms with Gasteiger partial charge in [-0.3, -0.25) is 9.69 Å². The maximum absolute atomic E-state index is 13.1. The van der Waals surface area contributed by atoms with Gasteiger partial charge in [-0.2, -0.15) is 0 Å². The number of nitrogens with one attached hydrogen (secondary N) is 1. The van der Waals surface area contributed by atoms with Crippen LogP contribution in [0.4, 0.5) is 13.9 Å². The molecule has 5 nitrogen and oxygen atoms in total. The zero-order chi connectivity index (χ0) is 23.5. The van der Waals surface area contributed by atoms with Crippen molar-refractivity contribution < 1.29 is 13.6 Å². The molecule has 0 aliphatic carbocycles. The minimum atomic E-state index is -2.54. The molecular formula is C26H24F2N4OS. The van der Waals surface area contributed by atoms with E-state index in [0.29, 0.717) is 21.9 Å². The largest absolute Gasteiger partial charge is 0.302 e. The number of anilines is 1. The number of likely N-dealkylation sites (tertiary alicyclic amines) is 1. The molecule has 0 atom stereocenters. The summed E-state index contributed by atoms with van der Waals surface area (Å²) < 4.78 is 26.3. The number of pyridine rings is 1. The van der Waals surface area contributed by atoms with E-state index in [4.69, 9.17) is 4.98 Å². The van der Waals surface area contributed by atoms with Crippen molar-refractivity contribution in [1.29, 1.82) is 0 Å². The molecule has 34 heavy (non-hydrogen) atoms. The van der Waals surface area contributed by atoms with Crippen molar-refractivity contribution in [2.75, 3.05) is 18.4 Å². The van der Waals surface area contributed by atoms with Gasteiger partial charge in [-0.05, 0) is 43.6 Å². The number of para-hydroxylation sites is 1. The third kappa shape index (κ3) is 5.13. The molecule has 1 amide bonds. The number of fused-ring (bicyclic) bond motifs is 1. The maximum atomic E-state index is 13.1. The Labute approximate surface area is 200 Å². The van der Waals surface area contributed by atoms with Gasteiger partial charge in [0.1, 0.15) is 0 Å². The second-order valence-electron chi connectivity index (χ2n) is 8.46. The van der Waals surface area contributed by atoms with Crippen LogP contribution in [-0.4, -0.2) is 33.9 Å². The quantitative estimate of drug-likeness (QED) is 0.350. The summed E-state index contributed by atoms with van der Waals surface area (Å²) in [5.41, 5.74) is 3.60. The molecule has 0 radical (unpaired) electrons. The molecule has 1 fully saturated rings. The number of nitrogens with zero attached hydrogens (tertiary/aromatic N) is 3. The molecule has 0 bridgehead atoms. The smallest absolute Gasteiger partial charge is 0.263 e. The highest BCUT2D eigenvalue weighted by Crippen LogP contribution is 2.27. The van der Waals surface area contributed by atoms with Crippen molar-refractivity contribution in [2.45, 2.75) is 32.2 Å². The summed E-state index contributed by atoms with van der Waals surface area (Å²) in [7, 11) is 0. The first-order chi connectivity index (χ1) is 16.5. The standard InChI is InChI=1S/C26H24F2N4OS/c27-25(28)20-8-4-6-18(13-20)22-10-9-17-5-3-7-19(24(17)30-22)14-23(33)31-26-29-21(16-34-26)15-32-11-1-2-12-32/h3-10,13,16,25H,1-2,11-12,14-15H2,(H,29,31,33). The van der Waals surface area contributed by atoms with E-state index in [1.165, 1.54) is 36.3 Å². The monoisotopic (exact) mass is 478 g/mol. The van der Waals surface area contributed by atoms with Gasteiger partial charge in [0.2, 0.25) is 5.91 Å². The first kappa shape index (κ1) is 22.6. The molecule has 0 saturated carbocycles. The van der Waals surface area contributed by atoms with Crippen LogP contribution < -0.4 is 5.32 Å². The Bertz CT molecular complexity index is 1320. The lowest BCUT2D eigenvalue weighted by Crippen LogP contribution is -2.19. The van der Waals surface area contributed by atoms with Crippen molar-refractivity contribution in [1.82, 2.24) is 14.9 Å². The van der Waals surface area contributed by atoms with Crippen molar-refractivity contribution in [2.24, 2.45) is 0 Å². The molecule has 1 aliphatic rings. The topological polar surface area (TPSA) is 58.1 Å². The van der Waals surface area contributed by atoms with Crippen molar-refractivity contribution in [3.05, 3.63) is 76.8 Å². The van der Waals surface area contributed by atoms with Gasteiger partial charge in [-0.25, -0.2) is 18.7 Å². The van der Waals surface area contributed by atoms with Crippen LogP contribution in [0, 0.1) is 0 Å². The Morgan fingerprint density at radius 2 is 1.88 bits per heavy atom. The van der Waals surface area contributed by atoms with Gasteiger partial charge in [0.25, 0.3) is 6.43 Å². The molecule has 0 unspecified atom stereocenters. The number of hydrogen-bond donors (Lipinski definition) is 1. The Balaban J connectivity index is 1.33. The minimum Gasteiger partial charge on any atom is -0.302 e. The SMILES string of the molecule is O=C(Cc1cccc2ccc(-c3cccc(C(F)F)c3)nc12)Nc1nc(CN2CCCC2)cs1. The van der Waals surface area contributed by atoms with Gasteiger partial charge < -0.3 is 5.32 Å². The molecule has 2 aromatic carbocycles. The van der Waals surface area contributed by atoms with Crippen LogP contribution in [-0.2, 0) is 17.8 Å². The van der Waals surface area contributed by atoms with Crippen LogP contribution in [0.25, 0.3) is 22.2 Å². The van der Waals surface area contributed by atoms with E-state index < -0.39 is 6.43 Å². The van der Waals surface area contributed by atoms with Gasteiger partial charge in [-0.1, -0.05) is 42.5 Å². The summed E-state index contributed by atoms with van der Waals surface area (Å²) in [4.78, 5) is 24.4. The van der Waals surface area contributed by atoms with Crippen LogP contribution in [0.3, 0.4) is 0 Å². The Hall–Kier alpha value is -3.23. The third-order valence-electron chi connectivity index (χ3n) is 5.97. The number of amides is 1. The lowest BCUT2D eigenvalue weighted by Gasteiger charge is -2.11. The molecule has 3 heterocycles. The van der Waals surface area contributed by atoms with Gasteiger partial charge in [-0.15, -0.1) is 11.3 Å². The first-order valence-electron chi connectivity index (χ1n) is 11.3. The molecule has 1 saturated heterocycles. The lowest BCUT2D eigenvalue weighted by atomic mass is 10.0. The maximum Gasteiger partial charge on any atom is 0.263 e. The molecule has 5 rings (SSSR count). The molecule has 174 valence electrons. The molecule has 8 heteroatoms. The molecule has 0 spiro atoms. The van der Waals surface area contributed by atoms with E-state index in [-0.39, 0.29) is 17.9 Å². The summed E-state index contributed by atoms with van der Waals surface area (Å²) in [6.45, 7) is 3.01. The zero-order valence-corrected chi connectivity index (χ0v) is 19.3. The fourth-order valence-corrected chi connectivity index (χ4v) is 5.01. The molecule has 1 N–H and O–H groups in total. The van der Waals surface area contributed by atoms with Crippen LogP contribution in [0.2, 0.25) is 0 Å². The van der Waals surface area contributed by atoms with Crippen LogP contribution in [0.15, 0.2) is 60.0 Å². The summed E-state index contributed by atoms with van der Waals surface area (Å²) in [6.07, 6.45) is 0.0610. The Morgan fingerprint density at radius 1 is 1.06 bits per heavy atom. The van der Waals surface area contributed by atoms with Gasteiger partial charge >= 0.3 is 0 Å². The van der Waals surface area contributed by atoms with E-state index >= 15 is 0 Å². The minimum absolute atomic E-state index is 0.0420. The summed E-state index contributed by atoms with van der Waals surface area (Å²) >= 11 is 1.43. The van der Waals surface area contributed by atoms with Gasteiger partial charge in [0.05, 0.1) is 23.3 Å². The predicted octanol–water partition coefficient (Wildman–Crippen LogP) is 6.07. The summed E-state index contributed by atoms with van der Waals surface area (Å²) in [5, 5.41) is 6.38. The number of hydrogen-bond acceptors (Lipinski definition) is 5. The number of halogens is 2. The van der Waals surface area contributed by atoms with E-state index in [2.05, 4.69) is 15.2 Å². The average Bonchev–Trinajstić information content (AvgIpc) is 3.51. The molecule has 4 aromatic rings. The highest BCUT2D eigenvalue weighted by molar-refractivity contribution is 7.13. The zero-order valence-electron chi connectivity index (χ0n) is 18.5. The second kappa shape index (κ2) is 9.95. The van der Waals surface area contributed by atoms with Crippen molar-refractivity contribution >= 4 is 33.3 Å². The van der Waals surface area contributed by atoms with E-state index in [9.17, 15) is 13.6 Å². The van der Waals surface area contributed by atoms with Crippen LogP contribution in [0.5, 0.6) is 0 Å². The van der Waals surface area contributed by atoms with E-state index in [1.54, 1.807) is 12.1 Å². The normalized spacial score (nSPS) is 14.2. The Morgan fingerprint density at radius 3 is 2.71 bits per heavy atom. The predicted molar refractivity (Wildman–Crippen MR) is 131 cm³/mol. The third-order valence-corrected chi connectivity index (χ3v) is 6.78. The fourth-order valence-electron chi connectivity index (χ4n) is 4.29. The van der Waals surface area contributed by atoms with Gasteiger partial charge in [0.15, 0.2) is 5.13 Å². The van der Waals surface area contributed by atoms with Gasteiger partial charge in [0, 0.05) is 28.4 Å². The number of carbonyl (C=O) groups is 1. The average molecular weight is 479 g/mol. The van der Waals surface area contributed by atoms with Crippen molar-refractivity contribution in [3.8, 4) is 11.3 Å².